The number of amides is 1. The molecule has 0 saturated carbocycles. The van der Waals surface area contributed by atoms with Crippen LogP contribution in [0.1, 0.15) is 31.2 Å². The molecule has 2 heterocycles. The Bertz CT molecular complexity index is 790. The summed E-state index contributed by atoms with van der Waals surface area (Å²) in [4.78, 5) is 26.1. The molecule has 7 nitrogen and oxygen atoms in total. The Morgan fingerprint density at radius 3 is 2.54 bits per heavy atom. The van der Waals surface area contributed by atoms with E-state index < -0.39 is 9.84 Å². The molecule has 0 radical (unpaired) electrons. The highest BCUT2D eigenvalue weighted by Crippen LogP contribution is 2.32. The summed E-state index contributed by atoms with van der Waals surface area (Å²) in [5.74, 6) is 1.42. The van der Waals surface area contributed by atoms with Crippen LogP contribution in [0.25, 0.3) is 0 Å². The maximum Gasteiger partial charge on any atom is 0.231 e. The summed E-state index contributed by atoms with van der Waals surface area (Å²) in [5.41, 5.74) is 0.831. The summed E-state index contributed by atoms with van der Waals surface area (Å²) < 4.78 is 33.5. The monoisotopic (exact) mass is 381 g/mol. The summed E-state index contributed by atoms with van der Waals surface area (Å²) in [6.07, 6.45) is 1.49. The van der Waals surface area contributed by atoms with Gasteiger partial charge in [0, 0.05) is 32.4 Å². The van der Waals surface area contributed by atoms with Crippen molar-refractivity contribution < 1.29 is 27.5 Å². The quantitative estimate of drug-likeness (QED) is 0.739. The van der Waals surface area contributed by atoms with E-state index in [0.29, 0.717) is 24.3 Å². The molecule has 0 atom stereocenters. The standard InChI is InChI=1S/C18H23NO6S/c1-19(14-6-8-26(22,23)9-7-14)18(21)5-3-15(20)10-13-2-4-16-17(11-13)25-12-24-16/h2,4,11,14H,3,5-10,12H2,1H3. The molecule has 1 aromatic carbocycles. The fourth-order valence-electron chi connectivity index (χ4n) is 3.26. The zero-order valence-electron chi connectivity index (χ0n) is 14.8. The number of nitrogens with zero attached hydrogens (tertiary/aromatic N) is 1. The second-order valence-corrected chi connectivity index (χ2v) is 9.09. The van der Waals surface area contributed by atoms with E-state index in [9.17, 15) is 18.0 Å². The van der Waals surface area contributed by atoms with E-state index >= 15 is 0 Å². The van der Waals surface area contributed by atoms with Crippen molar-refractivity contribution >= 4 is 21.5 Å². The number of benzene rings is 1. The lowest BCUT2D eigenvalue weighted by molar-refractivity contribution is -0.134. The zero-order valence-corrected chi connectivity index (χ0v) is 15.6. The van der Waals surface area contributed by atoms with Crippen LogP contribution < -0.4 is 9.47 Å². The molecule has 0 spiro atoms. The molecular formula is C18H23NO6S. The first-order valence-electron chi connectivity index (χ1n) is 8.70. The number of hydrogen-bond acceptors (Lipinski definition) is 6. The first-order chi connectivity index (χ1) is 12.3. The predicted molar refractivity (Wildman–Crippen MR) is 95.0 cm³/mol. The summed E-state index contributed by atoms with van der Waals surface area (Å²) in [5, 5.41) is 0. The van der Waals surface area contributed by atoms with Gasteiger partial charge in [0.05, 0.1) is 11.5 Å². The highest BCUT2D eigenvalue weighted by molar-refractivity contribution is 7.91. The van der Waals surface area contributed by atoms with Gasteiger partial charge in [0.1, 0.15) is 15.6 Å². The second-order valence-electron chi connectivity index (χ2n) is 6.79. The van der Waals surface area contributed by atoms with Gasteiger partial charge in [0.2, 0.25) is 12.7 Å². The molecule has 1 fully saturated rings. The molecule has 3 rings (SSSR count). The molecule has 1 saturated heterocycles. The Morgan fingerprint density at radius 1 is 1.12 bits per heavy atom. The number of rotatable bonds is 6. The Balaban J connectivity index is 1.46. The molecule has 1 amide bonds. The normalized spacial score (nSPS) is 18.5. The van der Waals surface area contributed by atoms with E-state index in [0.717, 1.165) is 5.56 Å². The third-order valence-corrected chi connectivity index (χ3v) is 6.64. The predicted octanol–water partition coefficient (Wildman–Crippen LogP) is 1.34. The van der Waals surface area contributed by atoms with Gasteiger partial charge >= 0.3 is 0 Å². The second kappa shape index (κ2) is 7.65. The number of carbonyl (C=O) groups excluding carboxylic acids is 2. The van der Waals surface area contributed by atoms with Gasteiger partial charge in [-0.2, -0.15) is 0 Å². The minimum absolute atomic E-state index is 0.0168. The molecule has 0 unspecified atom stereocenters. The number of carbonyl (C=O) groups is 2. The molecule has 2 aliphatic heterocycles. The van der Waals surface area contributed by atoms with Crippen LogP contribution in [0.15, 0.2) is 18.2 Å². The van der Waals surface area contributed by atoms with Crippen molar-refractivity contribution in [3.05, 3.63) is 23.8 Å². The number of hydrogen-bond donors (Lipinski definition) is 0. The Labute approximate surface area is 153 Å². The maximum atomic E-state index is 12.3. The van der Waals surface area contributed by atoms with E-state index in [1.807, 2.05) is 6.07 Å². The number of Topliss-reactive ketones (excluding diaryl/α,β-unsaturated/α-hetero) is 1. The van der Waals surface area contributed by atoms with Crippen molar-refractivity contribution in [2.24, 2.45) is 0 Å². The number of sulfone groups is 1. The van der Waals surface area contributed by atoms with E-state index in [2.05, 4.69) is 0 Å². The number of ketones is 1. The largest absolute Gasteiger partial charge is 0.454 e. The summed E-state index contributed by atoms with van der Waals surface area (Å²) in [7, 11) is -1.26. The zero-order chi connectivity index (χ0) is 18.7. The molecule has 0 bridgehead atoms. The van der Waals surface area contributed by atoms with E-state index in [1.165, 1.54) is 0 Å². The van der Waals surface area contributed by atoms with E-state index in [-0.39, 0.29) is 55.3 Å². The number of ether oxygens (including phenoxy) is 2. The Morgan fingerprint density at radius 2 is 1.81 bits per heavy atom. The van der Waals surface area contributed by atoms with Crippen LogP contribution in [-0.4, -0.2) is 56.4 Å². The average molecular weight is 381 g/mol. The molecular weight excluding hydrogens is 358 g/mol. The number of fused-ring (bicyclic) bond motifs is 1. The molecule has 26 heavy (non-hydrogen) atoms. The lowest BCUT2D eigenvalue weighted by Crippen LogP contribution is -2.42. The van der Waals surface area contributed by atoms with Crippen molar-refractivity contribution in [1.82, 2.24) is 4.90 Å². The summed E-state index contributed by atoms with van der Waals surface area (Å²) in [6, 6.07) is 5.33. The third kappa shape index (κ3) is 4.55. The Kier molecular flexibility index (Phi) is 5.50. The van der Waals surface area contributed by atoms with Gasteiger partial charge in [-0.15, -0.1) is 0 Å². The molecule has 2 aliphatic rings. The molecule has 8 heteroatoms. The van der Waals surface area contributed by atoms with Crippen LogP contribution in [0.2, 0.25) is 0 Å². The van der Waals surface area contributed by atoms with Crippen molar-refractivity contribution in [3.8, 4) is 11.5 Å². The molecule has 0 aliphatic carbocycles. The SMILES string of the molecule is CN(C(=O)CCC(=O)Cc1ccc2c(c1)OCO2)C1CCS(=O)(=O)CC1. The molecule has 1 aromatic rings. The van der Waals surface area contributed by atoms with Crippen LogP contribution in [0.3, 0.4) is 0 Å². The van der Waals surface area contributed by atoms with Crippen LogP contribution >= 0.6 is 0 Å². The Hall–Kier alpha value is -2.09. The minimum Gasteiger partial charge on any atom is -0.454 e. The van der Waals surface area contributed by atoms with Crippen LogP contribution in [0, 0.1) is 0 Å². The van der Waals surface area contributed by atoms with Crippen LogP contribution in [-0.2, 0) is 25.8 Å². The lowest BCUT2D eigenvalue weighted by atomic mass is 10.0. The van der Waals surface area contributed by atoms with E-state index in [1.54, 1.807) is 24.1 Å². The molecule has 142 valence electrons. The summed E-state index contributed by atoms with van der Waals surface area (Å²) >= 11 is 0. The van der Waals surface area contributed by atoms with Crippen molar-refractivity contribution in [2.45, 2.75) is 38.1 Å². The van der Waals surface area contributed by atoms with Gasteiger partial charge in [-0.1, -0.05) is 6.07 Å². The van der Waals surface area contributed by atoms with Gasteiger partial charge in [-0.3, -0.25) is 9.59 Å². The average Bonchev–Trinajstić information content (AvgIpc) is 3.07. The van der Waals surface area contributed by atoms with Gasteiger partial charge in [-0.25, -0.2) is 8.42 Å². The third-order valence-electron chi connectivity index (χ3n) is 4.92. The van der Waals surface area contributed by atoms with E-state index in [4.69, 9.17) is 9.47 Å². The lowest BCUT2D eigenvalue weighted by Gasteiger charge is -2.31. The smallest absolute Gasteiger partial charge is 0.231 e. The highest BCUT2D eigenvalue weighted by Gasteiger charge is 2.28. The fourth-order valence-corrected chi connectivity index (χ4v) is 4.72. The maximum absolute atomic E-state index is 12.3. The molecule has 0 N–H and O–H groups in total. The van der Waals surface area contributed by atoms with Crippen molar-refractivity contribution in [2.75, 3.05) is 25.3 Å². The summed E-state index contributed by atoms with van der Waals surface area (Å²) in [6.45, 7) is 0.191. The van der Waals surface area contributed by atoms with Crippen LogP contribution in [0.4, 0.5) is 0 Å². The topological polar surface area (TPSA) is 90.0 Å². The van der Waals surface area contributed by atoms with Crippen LogP contribution in [0.5, 0.6) is 11.5 Å². The van der Waals surface area contributed by atoms with Crippen molar-refractivity contribution in [3.63, 3.8) is 0 Å². The van der Waals surface area contributed by atoms with Gasteiger partial charge < -0.3 is 14.4 Å². The van der Waals surface area contributed by atoms with Gasteiger partial charge in [0.15, 0.2) is 11.5 Å². The van der Waals surface area contributed by atoms with Gasteiger partial charge in [0.25, 0.3) is 0 Å². The highest BCUT2D eigenvalue weighted by atomic mass is 32.2. The fraction of sp³-hybridized carbons (Fsp3) is 0.556. The molecule has 0 aromatic heterocycles. The van der Waals surface area contributed by atoms with Gasteiger partial charge in [-0.05, 0) is 30.5 Å². The van der Waals surface area contributed by atoms with Crippen molar-refractivity contribution in [1.29, 1.82) is 0 Å². The minimum atomic E-state index is -2.95. The first-order valence-corrected chi connectivity index (χ1v) is 10.5. The first kappa shape index (κ1) is 18.7.